The van der Waals surface area contributed by atoms with Crippen LogP contribution < -0.4 is 9.64 Å². The van der Waals surface area contributed by atoms with Crippen LogP contribution in [-0.4, -0.2) is 55.0 Å². The Balaban J connectivity index is 2.01. The van der Waals surface area contributed by atoms with Crippen molar-refractivity contribution < 1.29 is 24.3 Å². The molecule has 0 radical (unpaired) electrons. The molecule has 1 atom stereocenters. The Labute approximate surface area is 183 Å². The molecule has 0 bridgehead atoms. The van der Waals surface area contributed by atoms with E-state index in [1.54, 1.807) is 36.3 Å². The second-order valence-electron chi connectivity index (χ2n) is 7.70. The molecule has 1 aliphatic heterocycles. The molecular weight excluding hydrogens is 392 g/mol. The van der Waals surface area contributed by atoms with Crippen molar-refractivity contribution in [2.24, 2.45) is 0 Å². The van der Waals surface area contributed by atoms with Crippen LogP contribution in [-0.2, 0) is 9.59 Å². The average Bonchev–Trinajstić information content (AvgIpc) is 3.07. The van der Waals surface area contributed by atoms with E-state index in [-0.39, 0.29) is 11.3 Å². The van der Waals surface area contributed by atoms with Crippen LogP contribution in [0.4, 0.5) is 0 Å². The van der Waals surface area contributed by atoms with Gasteiger partial charge >= 0.3 is 0 Å². The first-order chi connectivity index (χ1) is 15.0. The largest absolute Gasteiger partial charge is 0.507 e. The first kappa shape index (κ1) is 22.6. The minimum atomic E-state index is -0.649. The van der Waals surface area contributed by atoms with Gasteiger partial charge in [0.25, 0.3) is 11.7 Å². The Hall–Kier alpha value is -3.12. The highest BCUT2D eigenvalue weighted by molar-refractivity contribution is 6.46. The SMILES string of the molecule is CC[NH+](CC)CCCN1C(=O)C(=O)C(=C(O)c2cccc(OC)c2)[C@H]1c1ccccc1. The molecule has 1 heterocycles. The molecule has 2 aromatic rings. The van der Waals surface area contributed by atoms with Crippen molar-refractivity contribution in [1.29, 1.82) is 0 Å². The predicted molar refractivity (Wildman–Crippen MR) is 120 cm³/mol. The second kappa shape index (κ2) is 10.3. The van der Waals surface area contributed by atoms with E-state index in [1.165, 1.54) is 4.90 Å². The van der Waals surface area contributed by atoms with Gasteiger partial charge in [-0.2, -0.15) is 0 Å². The summed E-state index contributed by atoms with van der Waals surface area (Å²) in [5, 5.41) is 11.1. The number of carbonyl (C=O) groups excluding carboxylic acids is 2. The maximum atomic E-state index is 13.0. The summed E-state index contributed by atoms with van der Waals surface area (Å²) in [5.41, 5.74) is 1.38. The van der Waals surface area contributed by atoms with E-state index in [0.717, 1.165) is 31.6 Å². The van der Waals surface area contributed by atoms with Gasteiger partial charge in [-0.15, -0.1) is 0 Å². The molecule has 0 spiro atoms. The molecule has 6 heteroatoms. The maximum Gasteiger partial charge on any atom is 0.295 e. The molecule has 1 amide bonds. The van der Waals surface area contributed by atoms with Gasteiger partial charge in [0.05, 0.1) is 38.4 Å². The van der Waals surface area contributed by atoms with Crippen LogP contribution >= 0.6 is 0 Å². The van der Waals surface area contributed by atoms with Crippen LogP contribution in [0.1, 0.15) is 37.4 Å². The summed E-state index contributed by atoms with van der Waals surface area (Å²) in [7, 11) is 1.54. The number of hydrogen-bond acceptors (Lipinski definition) is 4. The van der Waals surface area contributed by atoms with E-state index < -0.39 is 17.7 Å². The lowest BCUT2D eigenvalue weighted by Crippen LogP contribution is -3.11. The number of benzene rings is 2. The first-order valence-corrected chi connectivity index (χ1v) is 10.8. The van der Waals surface area contributed by atoms with Crippen LogP contribution in [0.5, 0.6) is 5.75 Å². The van der Waals surface area contributed by atoms with Gasteiger partial charge in [0.1, 0.15) is 11.5 Å². The summed E-state index contributed by atoms with van der Waals surface area (Å²) in [4.78, 5) is 29.1. The van der Waals surface area contributed by atoms with Crippen LogP contribution in [0, 0.1) is 0 Å². The third-order valence-corrected chi connectivity index (χ3v) is 5.93. The summed E-state index contributed by atoms with van der Waals surface area (Å²) in [6, 6.07) is 15.7. The minimum Gasteiger partial charge on any atom is -0.507 e. The smallest absolute Gasteiger partial charge is 0.295 e. The molecule has 0 aromatic heterocycles. The Morgan fingerprint density at radius 2 is 1.77 bits per heavy atom. The number of Topliss-reactive ketones (excluding diaryl/α,β-unsaturated/α-hetero) is 1. The van der Waals surface area contributed by atoms with E-state index in [2.05, 4.69) is 13.8 Å². The number of aliphatic hydroxyl groups is 1. The lowest BCUT2D eigenvalue weighted by molar-refractivity contribution is -0.896. The Kier molecular flexibility index (Phi) is 7.47. The molecule has 1 saturated heterocycles. The molecule has 0 unspecified atom stereocenters. The topological polar surface area (TPSA) is 71.3 Å². The summed E-state index contributed by atoms with van der Waals surface area (Å²) in [6.07, 6.45) is 0.784. The fourth-order valence-electron chi connectivity index (χ4n) is 4.12. The lowest BCUT2D eigenvalue weighted by atomic mass is 9.95. The fraction of sp³-hybridized carbons (Fsp3) is 0.360. The molecular formula is C25H31N2O4+. The highest BCUT2D eigenvalue weighted by Gasteiger charge is 2.45. The van der Waals surface area contributed by atoms with Crippen LogP contribution in [0.2, 0.25) is 0 Å². The molecule has 2 N–H and O–H groups in total. The van der Waals surface area contributed by atoms with Gasteiger partial charge in [0, 0.05) is 18.5 Å². The number of hydrogen-bond donors (Lipinski definition) is 2. The van der Waals surface area contributed by atoms with Gasteiger partial charge in [-0.3, -0.25) is 9.59 Å². The number of methoxy groups -OCH3 is 1. The number of amides is 1. The van der Waals surface area contributed by atoms with Crippen molar-refractivity contribution in [2.45, 2.75) is 26.3 Å². The van der Waals surface area contributed by atoms with Crippen LogP contribution in [0.3, 0.4) is 0 Å². The Morgan fingerprint density at radius 3 is 2.42 bits per heavy atom. The Morgan fingerprint density at radius 1 is 1.06 bits per heavy atom. The van der Waals surface area contributed by atoms with Gasteiger partial charge in [0.2, 0.25) is 0 Å². The molecule has 0 saturated carbocycles. The number of rotatable bonds is 9. The van der Waals surface area contributed by atoms with Crippen molar-refractivity contribution in [3.8, 4) is 5.75 Å². The van der Waals surface area contributed by atoms with Crippen molar-refractivity contribution in [3.05, 3.63) is 71.3 Å². The molecule has 6 nitrogen and oxygen atoms in total. The van der Waals surface area contributed by atoms with E-state index in [1.807, 2.05) is 30.3 Å². The van der Waals surface area contributed by atoms with Gasteiger partial charge in [-0.05, 0) is 31.5 Å². The third kappa shape index (κ3) is 4.80. The summed E-state index contributed by atoms with van der Waals surface area (Å²) in [6.45, 7) is 7.71. The van der Waals surface area contributed by atoms with Gasteiger partial charge in [-0.25, -0.2) is 0 Å². The number of quaternary nitrogens is 1. The van der Waals surface area contributed by atoms with Gasteiger partial charge in [-0.1, -0.05) is 42.5 Å². The van der Waals surface area contributed by atoms with E-state index in [9.17, 15) is 14.7 Å². The summed E-state index contributed by atoms with van der Waals surface area (Å²) in [5.74, 6) is -0.822. The zero-order valence-electron chi connectivity index (χ0n) is 18.4. The number of nitrogens with zero attached hydrogens (tertiary/aromatic N) is 1. The van der Waals surface area contributed by atoms with Crippen LogP contribution in [0.25, 0.3) is 5.76 Å². The molecule has 2 aromatic carbocycles. The zero-order chi connectivity index (χ0) is 22.4. The van der Waals surface area contributed by atoms with E-state index >= 15 is 0 Å². The molecule has 31 heavy (non-hydrogen) atoms. The molecule has 0 aliphatic carbocycles. The lowest BCUT2D eigenvalue weighted by Gasteiger charge is -2.26. The summed E-state index contributed by atoms with van der Waals surface area (Å²) < 4.78 is 5.25. The van der Waals surface area contributed by atoms with Crippen molar-refractivity contribution in [2.75, 3.05) is 33.3 Å². The second-order valence-corrected chi connectivity index (χ2v) is 7.70. The van der Waals surface area contributed by atoms with E-state index in [0.29, 0.717) is 17.9 Å². The highest BCUT2D eigenvalue weighted by Crippen LogP contribution is 2.39. The average molecular weight is 424 g/mol. The first-order valence-electron chi connectivity index (χ1n) is 10.8. The monoisotopic (exact) mass is 423 g/mol. The molecule has 164 valence electrons. The highest BCUT2D eigenvalue weighted by atomic mass is 16.5. The Bertz CT molecular complexity index is 951. The standard InChI is InChI=1S/C25H30N2O4/c1-4-26(5-2)15-10-16-27-22(18-11-7-6-8-12-18)21(24(29)25(27)30)23(28)19-13-9-14-20(17-19)31-3/h6-9,11-14,17,22,28H,4-5,10,15-16H2,1-3H3/p+1/t22-/m1/s1. The van der Waals surface area contributed by atoms with Gasteiger partial charge in [0.15, 0.2) is 0 Å². The molecule has 3 rings (SSSR count). The third-order valence-electron chi connectivity index (χ3n) is 5.93. The quantitative estimate of drug-likeness (QED) is 0.369. The number of aliphatic hydroxyl groups excluding tert-OH is 1. The van der Waals surface area contributed by atoms with E-state index in [4.69, 9.17) is 4.74 Å². The number of nitrogens with one attached hydrogen (secondary N) is 1. The van der Waals surface area contributed by atoms with Crippen LogP contribution in [0.15, 0.2) is 60.2 Å². The maximum absolute atomic E-state index is 13.0. The zero-order valence-corrected chi connectivity index (χ0v) is 18.4. The van der Waals surface area contributed by atoms with Crippen molar-refractivity contribution in [1.82, 2.24) is 4.90 Å². The number of ether oxygens (including phenoxy) is 1. The molecule has 1 fully saturated rings. The van der Waals surface area contributed by atoms with Crippen molar-refractivity contribution >= 4 is 17.4 Å². The number of carbonyl (C=O) groups is 2. The number of ketones is 1. The fourth-order valence-corrected chi connectivity index (χ4v) is 4.12. The number of likely N-dealkylation sites (tertiary alicyclic amines) is 1. The predicted octanol–water partition coefficient (Wildman–Crippen LogP) is 2.43. The van der Waals surface area contributed by atoms with Gasteiger partial charge < -0.3 is 19.6 Å². The van der Waals surface area contributed by atoms with Crippen molar-refractivity contribution in [3.63, 3.8) is 0 Å². The normalized spacial score (nSPS) is 18.1. The summed E-state index contributed by atoms with van der Waals surface area (Å²) >= 11 is 0. The minimum absolute atomic E-state index is 0.125. The molecule has 1 aliphatic rings.